The number of fused-ring (bicyclic) bond motifs is 6. The maximum atomic E-state index is 4.39. The minimum atomic E-state index is -0.0275. The summed E-state index contributed by atoms with van der Waals surface area (Å²) < 4.78 is 2.27. The molecule has 3 heteroatoms. The maximum absolute atomic E-state index is 4.39. The molecular weight excluding hydrogens is 625 g/mol. The van der Waals surface area contributed by atoms with E-state index in [0.717, 1.165) is 11.3 Å². The number of nitrogens with one attached hydrogen (secondary N) is 1. The highest BCUT2D eigenvalue weighted by molar-refractivity contribution is 7.97. The van der Waals surface area contributed by atoms with Crippen LogP contribution in [0.4, 0.5) is 0 Å². The monoisotopic (exact) mass is 656 g/mol. The first kappa shape index (κ1) is 28.9. The summed E-state index contributed by atoms with van der Waals surface area (Å²) in [5.41, 5.74) is 9.45. The fourth-order valence-corrected chi connectivity index (χ4v) is 8.77. The van der Waals surface area contributed by atoms with Gasteiger partial charge in [-0.15, -0.1) is 0 Å². The number of hydrogen-bond acceptors (Lipinski definition) is 3. The predicted molar refractivity (Wildman–Crippen MR) is 215 cm³/mol. The van der Waals surface area contributed by atoms with E-state index in [-0.39, 0.29) is 6.17 Å². The van der Waals surface area contributed by atoms with Gasteiger partial charge >= 0.3 is 0 Å². The summed E-state index contributed by atoms with van der Waals surface area (Å²) in [6, 6.07) is 55.5. The van der Waals surface area contributed by atoms with Gasteiger partial charge in [0.2, 0.25) is 0 Å². The molecule has 0 amide bonds. The molecule has 0 bridgehead atoms. The Morgan fingerprint density at radius 1 is 0.520 bits per heavy atom. The summed E-state index contributed by atoms with van der Waals surface area (Å²) in [6.45, 7) is 4.39. The number of rotatable bonds is 3. The van der Waals surface area contributed by atoms with Gasteiger partial charge < -0.3 is 5.32 Å². The van der Waals surface area contributed by atoms with Gasteiger partial charge in [-0.2, -0.15) is 0 Å². The fourth-order valence-electron chi connectivity index (χ4n) is 7.77. The molecule has 2 nitrogen and oxygen atoms in total. The highest BCUT2D eigenvalue weighted by atomic mass is 32.2. The molecule has 0 spiro atoms. The third-order valence-corrected chi connectivity index (χ3v) is 11.3. The third-order valence-electron chi connectivity index (χ3n) is 10.2. The molecule has 8 aromatic rings. The van der Waals surface area contributed by atoms with Crippen LogP contribution in [0.25, 0.3) is 76.6 Å². The van der Waals surface area contributed by atoms with E-state index in [1.165, 1.54) is 81.4 Å². The van der Waals surface area contributed by atoms with E-state index in [2.05, 4.69) is 186 Å². The molecule has 236 valence electrons. The molecule has 2 aliphatic rings. The van der Waals surface area contributed by atoms with E-state index in [9.17, 15) is 0 Å². The average Bonchev–Trinajstić information content (AvgIpc) is 3.31. The Bertz CT molecular complexity index is 2750. The van der Waals surface area contributed by atoms with Gasteiger partial charge in [-0.25, -0.2) is 0 Å². The van der Waals surface area contributed by atoms with Gasteiger partial charge in [-0.3, -0.25) is 4.31 Å². The van der Waals surface area contributed by atoms with E-state index in [1.54, 1.807) is 11.9 Å². The number of hydrogen-bond donors (Lipinski definition) is 1. The molecule has 50 heavy (non-hydrogen) atoms. The maximum Gasteiger partial charge on any atom is 0.129 e. The lowest BCUT2D eigenvalue weighted by Crippen LogP contribution is -2.36. The van der Waals surface area contributed by atoms with Crippen molar-refractivity contribution in [3.05, 3.63) is 188 Å². The summed E-state index contributed by atoms with van der Waals surface area (Å²) in [5.74, 6) is 0. The van der Waals surface area contributed by atoms with Gasteiger partial charge in [0.05, 0.1) is 0 Å². The molecule has 2 aliphatic heterocycles. The summed E-state index contributed by atoms with van der Waals surface area (Å²) in [7, 11) is 0. The Labute approximate surface area is 295 Å². The second kappa shape index (κ2) is 11.5. The zero-order valence-electron chi connectivity index (χ0n) is 27.3. The predicted octanol–water partition coefficient (Wildman–Crippen LogP) is 12.5. The minimum absolute atomic E-state index is 0.0275. The van der Waals surface area contributed by atoms with Crippen LogP contribution in [0.3, 0.4) is 0 Å². The van der Waals surface area contributed by atoms with Crippen LogP contribution in [0.15, 0.2) is 181 Å². The first-order valence-corrected chi connectivity index (χ1v) is 17.8. The third kappa shape index (κ3) is 4.74. The molecule has 0 fully saturated rings. The number of nitrogens with zero attached hydrogens (tertiary/aromatic N) is 1. The number of benzene rings is 8. The van der Waals surface area contributed by atoms with Crippen molar-refractivity contribution < 1.29 is 0 Å². The van der Waals surface area contributed by atoms with Crippen molar-refractivity contribution in [2.45, 2.75) is 11.1 Å². The molecule has 2 heterocycles. The van der Waals surface area contributed by atoms with Crippen LogP contribution in [-0.2, 0) is 0 Å². The summed E-state index contributed by atoms with van der Waals surface area (Å²) in [6.07, 6.45) is 6.74. The molecular formula is C47H32N2S. The Balaban J connectivity index is 1.21. The van der Waals surface area contributed by atoms with Crippen LogP contribution < -0.4 is 5.32 Å². The lowest BCUT2D eigenvalue weighted by molar-refractivity contribution is 0.484. The molecule has 0 aliphatic carbocycles. The first-order chi connectivity index (χ1) is 24.7. The Morgan fingerprint density at radius 3 is 1.78 bits per heavy atom. The van der Waals surface area contributed by atoms with Gasteiger partial charge in [-0.05, 0) is 125 Å². The molecule has 1 N–H and O–H groups in total. The van der Waals surface area contributed by atoms with Crippen LogP contribution in [0, 0.1) is 0 Å². The van der Waals surface area contributed by atoms with Gasteiger partial charge in [-0.1, -0.05) is 134 Å². The average molecular weight is 657 g/mol. The molecule has 1 atom stereocenters. The van der Waals surface area contributed by atoms with Gasteiger partial charge in [0.1, 0.15) is 6.17 Å². The van der Waals surface area contributed by atoms with E-state index >= 15 is 0 Å². The second-order valence-electron chi connectivity index (χ2n) is 13.1. The van der Waals surface area contributed by atoms with Crippen LogP contribution in [0.2, 0.25) is 0 Å². The smallest absolute Gasteiger partial charge is 0.129 e. The van der Waals surface area contributed by atoms with Crippen LogP contribution in [0.5, 0.6) is 0 Å². The van der Waals surface area contributed by atoms with Gasteiger partial charge in [0.25, 0.3) is 0 Å². The van der Waals surface area contributed by atoms with Crippen LogP contribution in [0.1, 0.15) is 11.1 Å². The summed E-state index contributed by atoms with van der Waals surface area (Å²) >= 11 is 1.75. The SMILES string of the molecule is C=C1NC2C=C(c3ccc4c(-c5ccc6ccccc6c5)c5ccccc5c(-c5ccc6ccccc6c5)c4c3)C=CN2Sc2ccccc21. The Kier molecular flexibility index (Phi) is 6.68. The van der Waals surface area contributed by atoms with Crippen LogP contribution >= 0.6 is 11.9 Å². The standard InChI is InChI=1S/C47H32N2S/c1-30-39-14-8-9-17-44(39)50-49-25-24-36(29-45(49)48-30)35-22-23-42-43(28-35)47(38-21-19-32-11-3-5-13-34(32)27-38)41-16-7-6-15-40(41)46(42)37-20-18-31-10-2-4-12-33(31)26-37/h2-29,45,48H,1H2. The second-order valence-corrected chi connectivity index (χ2v) is 14.2. The highest BCUT2D eigenvalue weighted by Crippen LogP contribution is 2.46. The fraction of sp³-hybridized carbons (Fsp3) is 0.0213. The van der Waals surface area contributed by atoms with E-state index in [4.69, 9.17) is 0 Å². The van der Waals surface area contributed by atoms with Crippen molar-refractivity contribution in [2.24, 2.45) is 0 Å². The normalized spacial score (nSPS) is 15.5. The minimum Gasteiger partial charge on any atom is -0.361 e. The van der Waals surface area contributed by atoms with Gasteiger partial charge in [0.15, 0.2) is 0 Å². The molecule has 0 saturated carbocycles. The van der Waals surface area contributed by atoms with Crippen molar-refractivity contribution in [3.8, 4) is 22.3 Å². The Hall–Kier alpha value is -6.03. The van der Waals surface area contributed by atoms with Crippen molar-refractivity contribution in [2.75, 3.05) is 0 Å². The lowest BCUT2D eigenvalue weighted by atomic mass is 9.84. The van der Waals surface area contributed by atoms with E-state index in [0.29, 0.717) is 0 Å². The molecule has 10 rings (SSSR count). The first-order valence-electron chi connectivity index (χ1n) is 17.1. The molecule has 0 saturated heterocycles. The molecule has 0 aromatic heterocycles. The highest BCUT2D eigenvalue weighted by Gasteiger charge is 2.26. The van der Waals surface area contributed by atoms with Crippen molar-refractivity contribution in [1.82, 2.24) is 9.62 Å². The summed E-state index contributed by atoms with van der Waals surface area (Å²) in [5, 5.41) is 13.7. The van der Waals surface area contributed by atoms with Gasteiger partial charge in [0, 0.05) is 22.4 Å². The molecule has 0 radical (unpaired) electrons. The Morgan fingerprint density at radius 2 is 1.08 bits per heavy atom. The van der Waals surface area contributed by atoms with Crippen molar-refractivity contribution >= 4 is 66.3 Å². The quantitative estimate of drug-likeness (QED) is 0.150. The molecule has 8 aromatic carbocycles. The zero-order valence-corrected chi connectivity index (χ0v) is 28.1. The van der Waals surface area contributed by atoms with Crippen molar-refractivity contribution in [3.63, 3.8) is 0 Å². The topological polar surface area (TPSA) is 15.3 Å². The van der Waals surface area contributed by atoms with Crippen molar-refractivity contribution in [1.29, 1.82) is 0 Å². The van der Waals surface area contributed by atoms with E-state index in [1.807, 2.05) is 0 Å². The largest absolute Gasteiger partial charge is 0.361 e. The van der Waals surface area contributed by atoms with E-state index < -0.39 is 0 Å². The summed E-state index contributed by atoms with van der Waals surface area (Å²) in [4.78, 5) is 1.20. The van der Waals surface area contributed by atoms with Crippen LogP contribution in [-0.4, -0.2) is 10.5 Å². The molecule has 1 unspecified atom stereocenters. The number of allylic oxidation sites excluding steroid dienone is 2. The lowest BCUT2D eigenvalue weighted by Gasteiger charge is -2.29. The zero-order chi connectivity index (χ0) is 33.2.